The number of rotatable bonds is 6. The first-order valence-corrected chi connectivity index (χ1v) is 12.8. The summed E-state index contributed by atoms with van der Waals surface area (Å²) in [6.45, 7) is 0.471. The summed E-state index contributed by atoms with van der Waals surface area (Å²) in [6, 6.07) is 20.2. The standard InChI is InChI=1S/C30H23N5O4/c36-27(23-14-22(23)17-6-2-1-3-7-17)32-19-12-24-26-18(15-31-33-28(24)37)16-34(25(26)13-19)10-11-35-29(38)20-8-4-5-9-21(20)30(35)39/h1-9,12-13,15-16,22-23H,10-11,14H2,(H,32,36)(H,33,37)/t22-,23+/m0/s1. The van der Waals surface area contributed by atoms with Gasteiger partial charge in [0.2, 0.25) is 5.91 Å². The fraction of sp³-hybridized carbons (Fsp3) is 0.167. The summed E-state index contributed by atoms with van der Waals surface area (Å²) in [6.07, 6.45) is 4.19. The third-order valence-corrected chi connectivity index (χ3v) is 7.69. The molecule has 1 saturated carbocycles. The highest BCUT2D eigenvalue weighted by atomic mass is 16.2. The molecule has 192 valence electrons. The Kier molecular flexibility index (Phi) is 5.19. The van der Waals surface area contributed by atoms with E-state index >= 15 is 0 Å². The van der Waals surface area contributed by atoms with Crippen LogP contribution < -0.4 is 10.7 Å². The molecule has 0 saturated heterocycles. The first-order valence-electron chi connectivity index (χ1n) is 12.8. The average Bonchev–Trinajstić information content (AvgIpc) is 3.67. The van der Waals surface area contributed by atoms with Gasteiger partial charge in [-0.05, 0) is 42.2 Å². The van der Waals surface area contributed by atoms with Crippen molar-refractivity contribution in [2.24, 2.45) is 11.0 Å². The lowest BCUT2D eigenvalue weighted by molar-refractivity contribution is -0.117. The molecule has 2 N–H and O–H groups in total. The van der Waals surface area contributed by atoms with Crippen LogP contribution >= 0.6 is 0 Å². The average molecular weight is 518 g/mol. The number of nitrogens with one attached hydrogen (secondary N) is 2. The minimum absolute atomic E-state index is 0.0926. The minimum Gasteiger partial charge on any atom is -0.345 e. The number of carbonyl (C=O) groups excluding carboxylic acids is 4. The van der Waals surface area contributed by atoms with E-state index < -0.39 is 0 Å². The van der Waals surface area contributed by atoms with E-state index in [1.54, 1.807) is 36.5 Å². The van der Waals surface area contributed by atoms with Crippen LogP contribution in [-0.2, 0) is 11.3 Å². The first-order chi connectivity index (χ1) is 19.0. The second-order valence-corrected chi connectivity index (χ2v) is 10.1. The van der Waals surface area contributed by atoms with Crippen LogP contribution in [0.25, 0.3) is 10.9 Å². The summed E-state index contributed by atoms with van der Waals surface area (Å²) in [4.78, 5) is 52.9. The van der Waals surface area contributed by atoms with Crippen molar-refractivity contribution in [3.05, 3.63) is 101 Å². The summed E-state index contributed by atoms with van der Waals surface area (Å²) < 4.78 is 1.89. The Bertz CT molecular complexity index is 1700. The highest BCUT2D eigenvalue weighted by Gasteiger charge is 2.44. The maximum atomic E-state index is 13.1. The Morgan fingerprint density at radius 1 is 0.923 bits per heavy atom. The molecular formula is C30H23N5O4. The van der Waals surface area contributed by atoms with E-state index in [4.69, 9.17) is 0 Å². The summed E-state index contributed by atoms with van der Waals surface area (Å²) in [5.74, 6) is -1.05. The van der Waals surface area contributed by atoms with E-state index in [1.807, 2.05) is 47.2 Å². The van der Waals surface area contributed by atoms with Crippen LogP contribution in [0, 0.1) is 5.92 Å². The predicted molar refractivity (Wildman–Crippen MR) is 145 cm³/mol. The van der Waals surface area contributed by atoms with Crippen molar-refractivity contribution >= 4 is 46.4 Å². The zero-order chi connectivity index (χ0) is 26.7. The van der Waals surface area contributed by atoms with Crippen LogP contribution in [0.1, 0.15) is 54.5 Å². The fourth-order valence-corrected chi connectivity index (χ4v) is 5.65. The van der Waals surface area contributed by atoms with Crippen molar-refractivity contribution in [3.63, 3.8) is 0 Å². The number of hydrogen-bond donors (Lipinski definition) is 2. The third-order valence-electron chi connectivity index (χ3n) is 7.69. The van der Waals surface area contributed by atoms with Gasteiger partial charge in [0.25, 0.3) is 17.7 Å². The molecule has 3 aliphatic rings. The first kappa shape index (κ1) is 23.1. The van der Waals surface area contributed by atoms with Crippen molar-refractivity contribution in [2.45, 2.75) is 18.9 Å². The summed E-state index contributed by atoms with van der Waals surface area (Å²) in [5, 5.41) is 7.72. The van der Waals surface area contributed by atoms with E-state index in [1.165, 1.54) is 4.90 Å². The number of imide groups is 1. The number of carbonyl (C=O) groups is 4. The molecule has 9 heteroatoms. The Hall–Kier alpha value is -5.05. The highest BCUT2D eigenvalue weighted by Crippen LogP contribution is 2.48. The molecule has 2 atom stereocenters. The zero-order valence-corrected chi connectivity index (χ0v) is 20.8. The van der Waals surface area contributed by atoms with E-state index in [-0.39, 0.29) is 42.0 Å². The van der Waals surface area contributed by atoms with Crippen LogP contribution in [0.15, 0.2) is 78.0 Å². The lowest BCUT2D eigenvalue weighted by atomic mass is 10.0. The molecule has 1 aromatic heterocycles. The normalized spacial score (nSPS) is 19.2. The smallest absolute Gasteiger partial charge is 0.272 e. The summed E-state index contributed by atoms with van der Waals surface area (Å²) >= 11 is 0. The van der Waals surface area contributed by atoms with Crippen LogP contribution in [0.2, 0.25) is 0 Å². The lowest BCUT2D eigenvalue weighted by Gasteiger charge is -2.15. The largest absolute Gasteiger partial charge is 0.345 e. The van der Waals surface area contributed by atoms with E-state index in [0.29, 0.717) is 39.8 Å². The number of nitrogens with zero attached hydrogens (tertiary/aromatic N) is 3. The molecule has 3 heterocycles. The van der Waals surface area contributed by atoms with Gasteiger partial charge in [0, 0.05) is 41.8 Å². The number of aromatic nitrogens is 1. The van der Waals surface area contributed by atoms with Crippen LogP contribution in [0.4, 0.5) is 5.69 Å². The van der Waals surface area contributed by atoms with Crippen molar-refractivity contribution in [2.75, 3.05) is 11.9 Å². The topological polar surface area (TPSA) is 113 Å². The highest BCUT2D eigenvalue weighted by molar-refractivity contribution is 6.21. The van der Waals surface area contributed by atoms with E-state index in [2.05, 4.69) is 15.8 Å². The van der Waals surface area contributed by atoms with E-state index in [0.717, 1.165) is 17.5 Å². The molecule has 0 bridgehead atoms. The Labute approximate surface area is 223 Å². The number of hydrogen-bond acceptors (Lipinski definition) is 5. The van der Waals surface area contributed by atoms with Crippen LogP contribution in [-0.4, -0.2) is 45.9 Å². The number of benzene rings is 3. The van der Waals surface area contributed by atoms with Gasteiger partial charge in [-0.15, -0.1) is 0 Å². The van der Waals surface area contributed by atoms with Gasteiger partial charge in [-0.2, -0.15) is 5.10 Å². The van der Waals surface area contributed by atoms with E-state index in [9.17, 15) is 19.2 Å². The van der Waals surface area contributed by atoms with Crippen molar-refractivity contribution in [1.82, 2.24) is 14.9 Å². The van der Waals surface area contributed by atoms with Gasteiger partial charge < -0.3 is 9.88 Å². The quantitative estimate of drug-likeness (QED) is 0.379. The maximum absolute atomic E-state index is 13.1. The molecule has 7 rings (SSSR count). The second kappa shape index (κ2) is 8.76. The molecule has 4 amide bonds. The van der Waals surface area contributed by atoms with Crippen LogP contribution in [0.3, 0.4) is 0 Å². The van der Waals surface area contributed by atoms with Gasteiger partial charge in [-0.25, -0.2) is 5.43 Å². The van der Waals surface area contributed by atoms with Crippen LogP contribution in [0.5, 0.6) is 0 Å². The number of anilines is 1. The van der Waals surface area contributed by atoms with Crippen molar-refractivity contribution in [3.8, 4) is 0 Å². The Morgan fingerprint density at radius 3 is 2.38 bits per heavy atom. The number of amides is 4. The van der Waals surface area contributed by atoms with Crippen molar-refractivity contribution < 1.29 is 19.2 Å². The summed E-state index contributed by atoms with van der Waals surface area (Å²) in [7, 11) is 0. The lowest BCUT2D eigenvalue weighted by Crippen LogP contribution is -2.32. The zero-order valence-electron chi connectivity index (χ0n) is 20.8. The van der Waals surface area contributed by atoms with Gasteiger partial charge in [-0.3, -0.25) is 24.1 Å². The molecule has 0 radical (unpaired) electrons. The molecule has 0 spiro atoms. The second-order valence-electron chi connectivity index (χ2n) is 10.1. The molecule has 4 aromatic rings. The number of fused-ring (bicyclic) bond motifs is 1. The number of hydrazone groups is 1. The van der Waals surface area contributed by atoms with Gasteiger partial charge >= 0.3 is 0 Å². The summed E-state index contributed by atoms with van der Waals surface area (Å²) in [5.41, 5.74) is 6.78. The maximum Gasteiger partial charge on any atom is 0.272 e. The molecule has 1 fully saturated rings. The molecule has 9 nitrogen and oxygen atoms in total. The fourth-order valence-electron chi connectivity index (χ4n) is 5.65. The molecule has 0 unspecified atom stereocenters. The predicted octanol–water partition coefficient (Wildman–Crippen LogP) is 3.76. The Balaban J connectivity index is 1.18. The molecule has 1 aliphatic carbocycles. The van der Waals surface area contributed by atoms with Gasteiger partial charge in [0.05, 0.1) is 28.4 Å². The Morgan fingerprint density at radius 2 is 1.64 bits per heavy atom. The van der Waals surface area contributed by atoms with Crippen molar-refractivity contribution in [1.29, 1.82) is 0 Å². The SMILES string of the molecule is O=C1NN=Cc2cn(CCN3C(=O)c4ccccc4C3=O)c3cc(NC(=O)[C@@H]4C[C@H]4c4ccccc4)cc1c23. The third kappa shape index (κ3) is 3.82. The van der Waals surface area contributed by atoms with Gasteiger partial charge in [-0.1, -0.05) is 42.5 Å². The monoisotopic (exact) mass is 517 g/mol. The molecule has 2 aliphatic heterocycles. The van der Waals surface area contributed by atoms with Gasteiger partial charge in [0.15, 0.2) is 0 Å². The molecular weight excluding hydrogens is 494 g/mol. The molecule has 3 aromatic carbocycles. The molecule has 39 heavy (non-hydrogen) atoms. The van der Waals surface area contributed by atoms with Gasteiger partial charge in [0.1, 0.15) is 0 Å². The minimum atomic E-state index is -0.377.